The molecule has 4 rings (SSSR count). The summed E-state index contributed by atoms with van der Waals surface area (Å²) >= 11 is 0. The molecule has 1 N–H and O–H groups in total. The Hall–Kier alpha value is -3.43. The minimum Gasteiger partial charge on any atom is -0.466 e. The van der Waals surface area contributed by atoms with E-state index in [4.69, 9.17) is 9.72 Å². The van der Waals surface area contributed by atoms with Crippen LogP contribution in [0.5, 0.6) is 0 Å². The first-order chi connectivity index (χ1) is 15.9. The van der Waals surface area contributed by atoms with E-state index in [1.54, 1.807) is 6.92 Å². The van der Waals surface area contributed by atoms with Crippen molar-refractivity contribution in [3.8, 4) is 0 Å². The SMILES string of the molecule is CCOC(=O)C1CCN(c2nc3ccccc3n3c(=O)n(CC(=O)N[C@H](C)CC)nc23)CC1. The fourth-order valence-electron chi connectivity index (χ4n) is 4.14. The van der Waals surface area contributed by atoms with Gasteiger partial charge in [-0.3, -0.25) is 9.59 Å². The first kappa shape index (κ1) is 22.8. The summed E-state index contributed by atoms with van der Waals surface area (Å²) in [5, 5.41) is 7.38. The summed E-state index contributed by atoms with van der Waals surface area (Å²) in [6.07, 6.45) is 2.08. The normalized spacial score (nSPS) is 15.7. The number of rotatable bonds is 7. The molecule has 176 valence electrons. The second-order valence-corrected chi connectivity index (χ2v) is 8.41. The summed E-state index contributed by atoms with van der Waals surface area (Å²) < 4.78 is 7.88. The Morgan fingerprint density at radius 3 is 2.64 bits per heavy atom. The number of hydrogen-bond donors (Lipinski definition) is 1. The highest BCUT2D eigenvalue weighted by molar-refractivity contribution is 5.83. The number of anilines is 1. The third-order valence-electron chi connectivity index (χ3n) is 6.12. The molecule has 33 heavy (non-hydrogen) atoms. The molecule has 1 aliphatic rings. The molecule has 1 aromatic carbocycles. The third-order valence-corrected chi connectivity index (χ3v) is 6.12. The average molecular weight is 455 g/mol. The van der Waals surface area contributed by atoms with Gasteiger partial charge in [0.1, 0.15) is 6.54 Å². The van der Waals surface area contributed by atoms with E-state index in [1.807, 2.05) is 43.0 Å². The Morgan fingerprint density at radius 2 is 1.94 bits per heavy atom. The van der Waals surface area contributed by atoms with Gasteiger partial charge in [-0.1, -0.05) is 19.1 Å². The molecular weight excluding hydrogens is 424 g/mol. The van der Waals surface area contributed by atoms with Gasteiger partial charge in [-0.15, -0.1) is 5.10 Å². The molecule has 1 aliphatic heterocycles. The van der Waals surface area contributed by atoms with Gasteiger partial charge in [0.25, 0.3) is 0 Å². The molecule has 1 fully saturated rings. The van der Waals surface area contributed by atoms with E-state index in [-0.39, 0.29) is 36.1 Å². The second kappa shape index (κ2) is 9.60. The molecule has 0 spiro atoms. The molecule has 1 saturated heterocycles. The molecule has 1 atom stereocenters. The highest BCUT2D eigenvalue weighted by Crippen LogP contribution is 2.27. The van der Waals surface area contributed by atoms with Gasteiger partial charge < -0.3 is 15.0 Å². The van der Waals surface area contributed by atoms with Crippen molar-refractivity contribution in [2.45, 2.75) is 52.6 Å². The Bertz CT molecular complexity index is 1220. The first-order valence-corrected chi connectivity index (χ1v) is 11.5. The largest absolute Gasteiger partial charge is 0.466 e. The van der Waals surface area contributed by atoms with Crippen molar-refractivity contribution >= 4 is 34.4 Å². The second-order valence-electron chi connectivity index (χ2n) is 8.41. The van der Waals surface area contributed by atoms with E-state index in [9.17, 15) is 14.4 Å². The molecule has 3 heterocycles. The number of nitrogens with zero attached hydrogens (tertiary/aromatic N) is 5. The lowest BCUT2D eigenvalue weighted by Gasteiger charge is -2.31. The maximum absolute atomic E-state index is 13.3. The van der Waals surface area contributed by atoms with Gasteiger partial charge >= 0.3 is 11.7 Å². The van der Waals surface area contributed by atoms with Crippen LogP contribution in [-0.4, -0.2) is 56.8 Å². The molecule has 3 aromatic rings. The van der Waals surface area contributed by atoms with Crippen molar-refractivity contribution in [1.82, 2.24) is 24.5 Å². The van der Waals surface area contributed by atoms with Crippen molar-refractivity contribution in [2.75, 3.05) is 24.6 Å². The minimum atomic E-state index is -0.384. The lowest BCUT2D eigenvalue weighted by Crippen LogP contribution is -2.37. The number of amides is 1. The third kappa shape index (κ3) is 4.55. The molecule has 0 aliphatic carbocycles. The van der Waals surface area contributed by atoms with E-state index >= 15 is 0 Å². The summed E-state index contributed by atoms with van der Waals surface area (Å²) in [6.45, 7) is 7.11. The van der Waals surface area contributed by atoms with Crippen molar-refractivity contribution in [2.24, 2.45) is 5.92 Å². The lowest BCUT2D eigenvalue weighted by atomic mass is 9.97. The predicted molar refractivity (Wildman–Crippen MR) is 124 cm³/mol. The summed E-state index contributed by atoms with van der Waals surface area (Å²) in [5.41, 5.74) is 1.32. The van der Waals surface area contributed by atoms with Gasteiger partial charge in [0, 0.05) is 19.1 Å². The van der Waals surface area contributed by atoms with Crippen LogP contribution in [0.25, 0.3) is 16.7 Å². The van der Waals surface area contributed by atoms with E-state index in [0.717, 1.165) is 6.42 Å². The average Bonchev–Trinajstić information content (AvgIpc) is 3.14. The number of ether oxygens (including phenoxy) is 1. The number of para-hydroxylation sites is 2. The van der Waals surface area contributed by atoms with Crippen LogP contribution in [0, 0.1) is 5.92 Å². The molecule has 0 bridgehead atoms. The van der Waals surface area contributed by atoms with E-state index in [2.05, 4.69) is 10.4 Å². The van der Waals surface area contributed by atoms with Crippen LogP contribution in [0.15, 0.2) is 29.1 Å². The number of esters is 1. The van der Waals surface area contributed by atoms with Crippen molar-refractivity contribution in [1.29, 1.82) is 0 Å². The number of carbonyl (C=O) groups is 2. The molecule has 10 nitrogen and oxygen atoms in total. The quantitative estimate of drug-likeness (QED) is 0.541. The summed E-state index contributed by atoms with van der Waals surface area (Å²) in [5.74, 6) is 0.0152. The van der Waals surface area contributed by atoms with E-state index in [0.29, 0.717) is 55.0 Å². The summed E-state index contributed by atoms with van der Waals surface area (Å²) in [6, 6.07) is 7.39. The smallest absolute Gasteiger partial charge is 0.351 e. The number of carbonyl (C=O) groups excluding carboxylic acids is 2. The first-order valence-electron chi connectivity index (χ1n) is 11.5. The molecule has 2 aromatic heterocycles. The molecule has 10 heteroatoms. The summed E-state index contributed by atoms with van der Waals surface area (Å²) in [4.78, 5) is 44.7. The van der Waals surface area contributed by atoms with Crippen LogP contribution in [0.3, 0.4) is 0 Å². The maximum atomic E-state index is 13.3. The Kier molecular flexibility index (Phi) is 6.62. The Morgan fingerprint density at radius 1 is 1.21 bits per heavy atom. The van der Waals surface area contributed by atoms with Crippen LogP contribution in [-0.2, 0) is 20.9 Å². The van der Waals surface area contributed by atoms with Gasteiger partial charge in [-0.05, 0) is 45.2 Å². The number of benzene rings is 1. The zero-order valence-electron chi connectivity index (χ0n) is 19.3. The van der Waals surface area contributed by atoms with Crippen molar-refractivity contribution in [3.05, 3.63) is 34.7 Å². The van der Waals surface area contributed by atoms with Crippen LogP contribution < -0.4 is 15.9 Å². The van der Waals surface area contributed by atoms with Gasteiger partial charge in [0.2, 0.25) is 11.6 Å². The van der Waals surface area contributed by atoms with Gasteiger partial charge in [0.05, 0.1) is 23.6 Å². The number of nitrogens with one attached hydrogen (secondary N) is 1. The number of aromatic nitrogens is 4. The predicted octanol–water partition coefficient (Wildman–Crippen LogP) is 1.74. The molecule has 1 amide bonds. The fourth-order valence-corrected chi connectivity index (χ4v) is 4.14. The number of piperidine rings is 1. The highest BCUT2D eigenvalue weighted by Gasteiger charge is 2.29. The topological polar surface area (TPSA) is 111 Å². The molecule has 0 unspecified atom stereocenters. The van der Waals surface area contributed by atoms with Gasteiger partial charge in [-0.25, -0.2) is 18.9 Å². The van der Waals surface area contributed by atoms with Gasteiger partial charge in [-0.2, -0.15) is 0 Å². The van der Waals surface area contributed by atoms with Crippen LogP contribution >= 0.6 is 0 Å². The van der Waals surface area contributed by atoms with Crippen molar-refractivity contribution in [3.63, 3.8) is 0 Å². The number of fused-ring (bicyclic) bond motifs is 3. The van der Waals surface area contributed by atoms with Crippen LogP contribution in [0.1, 0.15) is 40.0 Å². The number of hydrogen-bond acceptors (Lipinski definition) is 7. The molecule has 0 radical (unpaired) electrons. The minimum absolute atomic E-state index is 0.0176. The highest BCUT2D eigenvalue weighted by atomic mass is 16.5. The van der Waals surface area contributed by atoms with Crippen LogP contribution in [0.2, 0.25) is 0 Å². The zero-order chi connectivity index (χ0) is 23.5. The lowest BCUT2D eigenvalue weighted by molar-refractivity contribution is -0.148. The zero-order valence-corrected chi connectivity index (χ0v) is 19.3. The van der Waals surface area contributed by atoms with Crippen LogP contribution in [0.4, 0.5) is 5.82 Å². The Labute approximate surface area is 191 Å². The summed E-state index contributed by atoms with van der Waals surface area (Å²) in [7, 11) is 0. The van der Waals surface area contributed by atoms with Gasteiger partial charge in [0.15, 0.2) is 5.82 Å². The standard InChI is InChI=1S/C23H30N6O4/c1-4-15(3)24-19(30)14-28-23(32)29-18-9-7-6-8-17(18)25-20(21(29)26-28)27-12-10-16(11-13-27)22(31)33-5-2/h6-9,15-16H,4-5,10-14H2,1-3H3,(H,24,30)/t15-/m1/s1. The monoisotopic (exact) mass is 454 g/mol. The molecule has 0 saturated carbocycles. The maximum Gasteiger partial charge on any atom is 0.351 e. The molecular formula is C23H30N6O4. The fraction of sp³-hybridized carbons (Fsp3) is 0.522. The van der Waals surface area contributed by atoms with Crippen molar-refractivity contribution < 1.29 is 14.3 Å². The van der Waals surface area contributed by atoms with E-state index in [1.165, 1.54) is 9.08 Å². The Balaban J connectivity index is 1.70. The van der Waals surface area contributed by atoms with E-state index < -0.39 is 0 Å².